The van der Waals surface area contributed by atoms with Gasteiger partial charge in [-0.15, -0.1) is 0 Å². The van der Waals surface area contributed by atoms with E-state index in [0.29, 0.717) is 12.5 Å². The number of carbonyl (C=O) groups is 1. The van der Waals surface area contributed by atoms with Crippen molar-refractivity contribution in [3.8, 4) is 0 Å². The first-order chi connectivity index (χ1) is 7.04. The van der Waals surface area contributed by atoms with Crippen molar-refractivity contribution in [1.29, 1.82) is 0 Å². The van der Waals surface area contributed by atoms with Gasteiger partial charge in [-0.3, -0.25) is 14.6 Å². The molecule has 1 fully saturated rings. The summed E-state index contributed by atoms with van der Waals surface area (Å²) < 4.78 is 6.85. The Bertz CT molecular complexity index is 229. The van der Waals surface area contributed by atoms with Crippen LogP contribution in [0.1, 0.15) is 12.8 Å². The van der Waals surface area contributed by atoms with Gasteiger partial charge in [0.05, 0.1) is 13.5 Å². The zero-order valence-electron chi connectivity index (χ0n) is 8.72. The van der Waals surface area contributed by atoms with Gasteiger partial charge < -0.3 is 4.74 Å². The fraction of sp³-hybridized carbons (Fsp3) is 0.857. The van der Waals surface area contributed by atoms with E-state index in [9.17, 15) is 4.79 Å². The van der Waals surface area contributed by atoms with E-state index in [4.69, 9.17) is 4.74 Å². The fourth-order valence-electron chi connectivity index (χ4n) is 1.73. The predicted molar refractivity (Wildman–Crippen MR) is 74.7 cm³/mol. The number of methoxy groups -OCH3 is 1. The number of rotatable bonds is 4. The summed E-state index contributed by atoms with van der Waals surface area (Å²) in [6, 6.07) is 0.608. The summed E-state index contributed by atoms with van der Waals surface area (Å²) in [5.74, 6) is -0.141. The maximum Gasteiger partial charge on any atom is 0.307 e. The molecule has 1 aliphatic rings. The van der Waals surface area contributed by atoms with Gasteiger partial charge in [0.15, 0.2) is 0 Å². The van der Waals surface area contributed by atoms with Crippen LogP contribution < -0.4 is 5.09 Å². The number of carbonyl (C=O) groups excluding carboxylic acids is 1. The standard InChI is InChI=1S/C7H18N2O2P4/c1-11-7(10)4-6-5(8-15(13)14)2-3-9(6)12/h5-6,8H,2-4,12-14H2,1H3. The van der Waals surface area contributed by atoms with E-state index in [1.807, 2.05) is 0 Å². The summed E-state index contributed by atoms with van der Waals surface area (Å²) in [5.41, 5.74) is 0. The second kappa shape index (κ2) is 6.75. The highest BCUT2D eigenvalue weighted by Gasteiger charge is 2.33. The number of nitrogens with zero attached hydrogens (tertiary/aromatic N) is 1. The second-order valence-electron chi connectivity index (χ2n) is 3.52. The molecule has 1 saturated heterocycles. The smallest absolute Gasteiger partial charge is 0.307 e. The molecule has 0 aliphatic carbocycles. The van der Waals surface area contributed by atoms with Crippen molar-refractivity contribution in [1.82, 2.24) is 9.76 Å². The van der Waals surface area contributed by atoms with Crippen LogP contribution in [0, 0.1) is 0 Å². The lowest BCUT2D eigenvalue weighted by molar-refractivity contribution is -0.141. The SMILES string of the molecule is COC(=O)CC1C(NP(P)P)CCN1P. The van der Waals surface area contributed by atoms with Gasteiger partial charge in [-0.05, 0) is 13.9 Å². The molecule has 0 amide bonds. The monoisotopic (exact) mass is 286 g/mol. The van der Waals surface area contributed by atoms with Crippen LogP contribution >= 0.6 is 34.7 Å². The maximum atomic E-state index is 11.3. The van der Waals surface area contributed by atoms with Gasteiger partial charge in [-0.2, -0.15) is 0 Å². The fourth-order valence-corrected chi connectivity index (χ4v) is 4.03. The Hall–Kier alpha value is 1.11. The summed E-state index contributed by atoms with van der Waals surface area (Å²) in [6.45, 7) is 1.00. The summed E-state index contributed by atoms with van der Waals surface area (Å²) in [5, 5.41) is 3.48. The van der Waals surface area contributed by atoms with Gasteiger partial charge in [0.2, 0.25) is 0 Å². The highest BCUT2D eigenvalue weighted by atomic mass is 32.4. The maximum absolute atomic E-state index is 11.3. The molecule has 0 bridgehead atoms. The number of esters is 1. The zero-order chi connectivity index (χ0) is 11.4. The van der Waals surface area contributed by atoms with Crippen molar-refractivity contribution < 1.29 is 9.53 Å². The molecular formula is C7H18N2O2P4. The molecule has 4 nitrogen and oxygen atoms in total. The summed E-state index contributed by atoms with van der Waals surface area (Å²) >= 11 is 0. The lowest BCUT2D eigenvalue weighted by atomic mass is 10.1. The first-order valence-electron chi connectivity index (χ1n) is 4.68. The van der Waals surface area contributed by atoms with Crippen molar-refractivity contribution in [2.75, 3.05) is 13.7 Å². The third-order valence-electron chi connectivity index (χ3n) is 2.51. The van der Waals surface area contributed by atoms with Crippen LogP contribution in [0.2, 0.25) is 0 Å². The van der Waals surface area contributed by atoms with Gasteiger partial charge in [-0.1, -0.05) is 27.2 Å². The third-order valence-corrected chi connectivity index (χ3v) is 4.67. The molecule has 0 aromatic heterocycles. The van der Waals surface area contributed by atoms with Crippen molar-refractivity contribution in [3.05, 3.63) is 0 Å². The molecule has 0 saturated carbocycles. The first-order valence-corrected chi connectivity index (χ1v) is 9.78. The molecule has 0 spiro atoms. The molecule has 1 aliphatic heterocycles. The van der Waals surface area contributed by atoms with Crippen molar-refractivity contribution in [2.24, 2.45) is 0 Å². The van der Waals surface area contributed by atoms with E-state index in [0.717, 1.165) is 13.0 Å². The lowest BCUT2D eigenvalue weighted by Gasteiger charge is -2.25. The minimum Gasteiger partial charge on any atom is -0.469 e. The largest absolute Gasteiger partial charge is 0.469 e. The molecule has 0 aromatic carbocycles. The van der Waals surface area contributed by atoms with Gasteiger partial charge in [0.25, 0.3) is 0 Å². The van der Waals surface area contributed by atoms with Crippen LogP contribution in [0.4, 0.5) is 0 Å². The van der Waals surface area contributed by atoms with E-state index in [1.165, 1.54) is 7.11 Å². The molecule has 0 radical (unpaired) electrons. The number of hydrogen-bond acceptors (Lipinski definition) is 4. The molecule has 88 valence electrons. The van der Waals surface area contributed by atoms with Crippen LogP contribution in [0.15, 0.2) is 0 Å². The number of nitrogens with one attached hydrogen (secondary N) is 1. The summed E-state index contributed by atoms with van der Waals surface area (Å²) in [4.78, 5) is 11.3. The van der Waals surface area contributed by atoms with Crippen LogP contribution in [0.3, 0.4) is 0 Å². The Balaban J connectivity index is 2.52. The Labute approximate surface area is 98.9 Å². The Morgan fingerprint density at radius 2 is 2.33 bits per heavy atom. The van der Waals surface area contributed by atoms with Crippen LogP contribution in [-0.2, 0) is 9.53 Å². The molecule has 1 N–H and O–H groups in total. The third kappa shape index (κ3) is 4.47. The Morgan fingerprint density at radius 3 is 2.87 bits per heavy atom. The normalized spacial score (nSPS) is 27.3. The van der Waals surface area contributed by atoms with Crippen LogP contribution in [0.5, 0.6) is 0 Å². The van der Waals surface area contributed by atoms with Gasteiger partial charge in [0, 0.05) is 18.6 Å². The number of ether oxygens (including phenoxy) is 1. The van der Waals surface area contributed by atoms with Gasteiger partial charge in [0.1, 0.15) is 0 Å². The van der Waals surface area contributed by atoms with Gasteiger partial charge in [-0.25, -0.2) is 0 Å². The predicted octanol–water partition coefficient (Wildman–Crippen LogP) is 1.35. The minimum atomic E-state index is -0.291. The van der Waals surface area contributed by atoms with Crippen LogP contribution in [-0.4, -0.2) is 36.4 Å². The Kier molecular flexibility index (Phi) is 6.38. The highest BCUT2D eigenvalue weighted by molar-refractivity contribution is 8.42. The molecule has 1 rings (SSSR count). The molecule has 5 atom stereocenters. The summed E-state index contributed by atoms with van der Waals surface area (Å²) in [6.07, 6.45) is 1.53. The van der Waals surface area contributed by atoms with E-state index in [1.54, 1.807) is 0 Å². The average Bonchev–Trinajstić information content (AvgIpc) is 2.49. The first kappa shape index (κ1) is 14.2. The van der Waals surface area contributed by atoms with E-state index < -0.39 is 0 Å². The Morgan fingerprint density at radius 1 is 1.67 bits per heavy atom. The quantitative estimate of drug-likeness (QED) is 0.625. The molecular weight excluding hydrogens is 268 g/mol. The van der Waals surface area contributed by atoms with Crippen molar-refractivity contribution in [3.63, 3.8) is 0 Å². The zero-order valence-corrected chi connectivity index (χ0v) is 13.1. The molecule has 15 heavy (non-hydrogen) atoms. The van der Waals surface area contributed by atoms with Crippen LogP contribution in [0.25, 0.3) is 0 Å². The van der Waals surface area contributed by atoms with Crippen molar-refractivity contribution >= 4 is 40.7 Å². The minimum absolute atomic E-state index is 0.141. The second-order valence-corrected chi connectivity index (χ2v) is 10.4. The van der Waals surface area contributed by atoms with E-state index in [-0.39, 0.29) is 19.5 Å². The lowest BCUT2D eigenvalue weighted by Crippen LogP contribution is -2.37. The molecule has 0 aromatic rings. The topological polar surface area (TPSA) is 41.6 Å². The molecule has 5 unspecified atom stereocenters. The summed E-state index contributed by atoms with van der Waals surface area (Å²) in [7, 11) is 9.33. The van der Waals surface area contributed by atoms with E-state index >= 15 is 0 Å². The van der Waals surface area contributed by atoms with E-state index in [2.05, 4.69) is 37.0 Å². The highest BCUT2D eigenvalue weighted by Crippen LogP contribution is 2.49. The molecule has 1 heterocycles. The average molecular weight is 286 g/mol. The van der Waals surface area contributed by atoms with Crippen molar-refractivity contribution in [2.45, 2.75) is 24.9 Å². The molecule has 8 heteroatoms. The number of hydrogen-bond donors (Lipinski definition) is 1. The van der Waals surface area contributed by atoms with Gasteiger partial charge >= 0.3 is 5.97 Å².